The number of hydrogen-bond acceptors (Lipinski definition) is 3. The zero-order valence-electron chi connectivity index (χ0n) is 8.75. The molecule has 0 unspecified atom stereocenters. The van der Waals surface area contributed by atoms with E-state index in [1.54, 1.807) is 0 Å². The van der Waals surface area contributed by atoms with E-state index in [1.807, 2.05) is 10.9 Å². The van der Waals surface area contributed by atoms with Crippen molar-refractivity contribution in [2.75, 3.05) is 19.6 Å². The first-order valence-electron chi connectivity index (χ1n) is 5.45. The van der Waals surface area contributed by atoms with E-state index in [1.165, 1.54) is 0 Å². The fourth-order valence-electron chi connectivity index (χ4n) is 2.01. The van der Waals surface area contributed by atoms with Gasteiger partial charge in [0.05, 0.1) is 12.2 Å². The second-order valence-corrected chi connectivity index (χ2v) is 4.28. The number of hydrogen-bond donors (Lipinski definition) is 2. The fraction of sp³-hybridized carbons (Fsp3) is 0.700. The summed E-state index contributed by atoms with van der Waals surface area (Å²) >= 11 is 6.26. The molecule has 1 aliphatic rings. The first-order valence-corrected chi connectivity index (χ1v) is 5.83. The Hall–Kier alpha value is -0.580. The summed E-state index contributed by atoms with van der Waals surface area (Å²) < 4.78 is 1.95. The van der Waals surface area contributed by atoms with Gasteiger partial charge in [0.1, 0.15) is 5.15 Å². The molecule has 3 N–H and O–H groups in total. The van der Waals surface area contributed by atoms with Crippen molar-refractivity contribution < 1.29 is 0 Å². The van der Waals surface area contributed by atoms with Gasteiger partial charge in [-0.2, -0.15) is 5.10 Å². The van der Waals surface area contributed by atoms with Gasteiger partial charge in [-0.3, -0.25) is 4.68 Å². The average molecular weight is 229 g/mol. The molecule has 1 aromatic rings. The Balaban J connectivity index is 2.13. The molecule has 2 heterocycles. The van der Waals surface area contributed by atoms with Gasteiger partial charge >= 0.3 is 0 Å². The maximum absolute atomic E-state index is 6.26. The van der Waals surface area contributed by atoms with Crippen LogP contribution < -0.4 is 11.1 Å². The molecule has 0 amide bonds. The highest BCUT2D eigenvalue weighted by atomic mass is 35.5. The largest absolute Gasteiger partial charge is 0.330 e. The highest BCUT2D eigenvalue weighted by Crippen LogP contribution is 2.25. The zero-order valence-corrected chi connectivity index (χ0v) is 9.50. The summed E-state index contributed by atoms with van der Waals surface area (Å²) in [5.41, 5.74) is 6.58. The maximum Gasteiger partial charge on any atom is 0.130 e. The van der Waals surface area contributed by atoms with Crippen molar-refractivity contribution >= 4 is 11.6 Å². The summed E-state index contributed by atoms with van der Waals surface area (Å²) in [6.45, 7) is 2.72. The van der Waals surface area contributed by atoms with Crippen molar-refractivity contribution in [1.82, 2.24) is 15.1 Å². The lowest BCUT2D eigenvalue weighted by atomic mass is 10.1. The van der Waals surface area contributed by atoms with Crippen LogP contribution in [0.5, 0.6) is 0 Å². The lowest BCUT2D eigenvalue weighted by Gasteiger charge is -2.23. The third-order valence-corrected chi connectivity index (χ3v) is 3.29. The van der Waals surface area contributed by atoms with E-state index < -0.39 is 0 Å². The number of nitrogens with two attached hydrogens (primary N) is 1. The predicted molar refractivity (Wildman–Crippen MR) is 61.1 cm³/mol. The summed E-state index contributed by atoms with van der Waals surface area (Å²) in [6.07, 6.45) is 4.86. The first-order chi connectivity index (χ1) is 7.33. The Kier molecular flexibility index (Phi) is 3.61. The van der Waals surface area contributed by atoms with Crippen molar-refractivity contribution in [2.24, 2.45) is 5.73 Å². The molecular formula is C10H17ClN4. The number of aromatic nitrogens is 2. The summed E-state index contributed by atoms with van der Waals surface area (Å²) in [6, 6.07) is 0.449. The summed E-state index contributed by atoms with van der Waals surface area (Å²) in [7, 11) is 0. The molecule has 1 fully saturated rings. The van der Waals surface area contributed by atoms with Crippen LogP contribution in [0.25, 0.3) is 0 Å². The van der Waals surface area contributed by atoms with Gasteiger partial charge in [-0.05, 0) is 38.9 Å². The standard InChI is InChI=1S/C10H17ClN4/c11-10-8(1-4-12)7-14-15(10)9-2-5-13-6-3-9/h7,9,13H,1-6,12H2. The first kappa shape index (κ1) is 10.9. The van der Waals surface area contributed by atoms with Gasteiger partial charge in [-0.25, -0.2) is 0 Å². The molecule has 0 atom stereocenters. The van der Waals surface area contributed by atoms with Gasteiger partial charge in [0.2, 0.25) is 0 Å². The van der Waals surface area contributed by atoms with E-state index in [4.69, 9.17) is 17.3 Å². The minimum atomic E-state index is 0.449. The number of nitrogens with zero attached hydrogens (tertiary/aromatic N) is 2. The van der Waals surface area contributed by atoms with Gasteiger partial charge in [-0.1, -0.05) is 11.6 Å². The Morgan fingerprint density at radius 2 is 2.27 bits per heavy atom. The van der Waals surface area contributed by atoms with Gasteiger partial charge < -0.3 is 11.1 Å². The molecule has 2 rings (SSSR count). The van der Waals surface area contributed by atoms with Crippen molar-refractivity contribution in [3.05, 3.63) is 16.9 Å². The lowest BCUT2D eigenvalue weighted by Crippen LogP contribution is -2.29. The fourth-order valence-corrected chi connectivity index (χ4v) is 2.34. The molecule has 1 saturated heterocycles. The van der Waals surface area contributed by atoms with Gasteiger partial charge in [0, 0.05) is 5.56 Å². The zero-order chi connectivity index (χ0) is 10.7. The molecule has 0 aromatic carbocycles. The monoisotopic (exact) mass is 228 g/mol. The van der Waals surface area contributed by atoms with Crippen LogP contribution in [-0.4, -0.2) is 29.4 Å². The van der Waals surface area contributed by atoms with E-state index in [0.29, 0.717) is 12.6 Å². The number of halogens is 1. The Bertz CT molecular complexity index is 317. The number of nitrogens with one attached hydrogen (secondary N) is 1. The maximum atomic E-state index is 6.26. The highest BCUT2D eigenvalue weighted by molar-refractivity contribution is 6.30. The molecule has 0 bridgehead atoms. The van der Waals surface area contributed by atoms with Crippen molar-refractivity contribution in [3.8, 4) is 0 Å². The molecule has 15 heavy (non-hydrogen) atoms. The van der Waals surface area contributed by atoms with E-state index in [-0.39, 0.29) is 0 Å². The molecular weight excluding hydrogens is 212 g/mol. The van der Waals surface area contributed by atoms with E-state index in [2.05, 4.69) is 10.4 Å². The van der Waals surface area contributed by atoms with Crippen molar-refractivity contribution in [2.45, 2.75) is 25.3 Å². The third kappa shape index (κ3) is 2.33. The van der Waals surface area contributed by atoms with Crippen LogP contribution >= 0.6 is 11.6 Å². The molecule has 1 aromatic heterocycles. The molecule has 4 nitrogen and oxygen atoms in total. The summed E-state index contributed by atoms with van der Waals surface area (Å²) in [5.74, 6) is 0. The highest BCUT2D eigenvalue weighted by Gasteiger charge is 2.19. The van der Waals surface area contributed by atoms with Gasteiger partial charge in [0.15, 0.2) is 0 Å². The van der Waals surface area contributed by atoms with Gasteiger partial charge in [-0.15, -0.1) is 0 Å². The normalized spacial score (nSPS) is 18.3. The third-order valence-electron chi connectivity index (χ3n) is 2.87. The molecule has 84 valence electrons. The number of rotatable bonds is 3. The van der Waals surface area contributed by atoms with Crippen LogP contribution in [0.4, 0.5) is 0 Å². The van der Waals surface area contributed by atoms with Crippen molar-refractivity contribution in [1.29, 1.82) is 0 Å². The quantitative estimate of drug-likeness (QED) is 0.811. The smallest absolute Gasteiger partial charge is 0.130 e. The van der Waals surface area contributed by atoms with Crippen molar-refractivity contribution in [3.63, 3.8) is 0 Å². The molecule has 0 saturated carbocycles. The number of piperidine rings is 1. The van der Waals surface area contributed by atoms with Crippen LogP contribution in [0.3, 0.4) is 0 Å². The SMILES string of the molecule is NCCc1cnn(C2CCNCC2)c1Cl. The lowest BCUT2D eigenvalue weighted by molar-refractivity contribution is 0.343. The Morgan fingerprint density at radius 3 is 2.93 bits per heavy atom. The van der Waals surface area contributed by atoms with Crippen LogP contribution in [-0.2, 0) is 6.42 Å². The van der Waals surface area contributed by atoms with E-state index in [0.717, 1.165) is 43.1 Å². The Morgan fingerprint density at radius 1 is 1.53 bits per heavy atom. The second kappa shape index (κ2) is 4.96. The van der Waals surface area contributed by atoms with Crippen LogP contribution in [0.2, 0.25) is 5.15 Å². The predicted octanol–water partition coefficient (Wildman–Crippen LogP) is 0.962. The van der Waals surface area contributed by atoms with Gasteiger partial charge in [0.25, 0.3) is 0 Å². The van der Waals surface area contributed by atoms with Crippen LogP contribution in [0.15, 0.2) is 6.20 Å². The minimum Gasteiger partial charge on any atom is -0.330 e. The van der Waals surface area contributed by atoms with E-state index in [9.17, 15) is 0 Å². The average Bonchev–Trinajstić information content (AvgIpc) is 2.63. The van der Waals surface area contributed by atoms with Crippen LogP contribution in [0, 0.1) is 0 Å². The Labute approximate surface area is 94.8 Å². The minimum absolute atomic E-state index is 0.449. The summed E-state index contributed by atoms with van der Waals surface area (Å²) in [5, 5.41) is 8.46. The van der Waals surface area contributed by atoms with Crippen LogP contribution in [0.1, 0.15) is 24.4 Å². The topological polar surface area (TPSA) is 55.9 Å². The molecule has 5 heteroatoms. The second-order valence-electron chi connectivity index (χ2n) is 3.93. The molecule has 0 radical (unpaired) electrons. The molecule has 0 aliphatic carbocycles. The summed E-state index contributed by atoms with van der Waals surface area (Å²) in [4.78, 5) is 0. The molecule has 0 spiro atoms. The molecule has 1 aliphatic heterocycles. The van der Waals surface area contributed by atoms with E-state index >= 15 is 0 Å².